The lowest BCUT2D eigenvalue weighted by atomic mass is 9.80. The second-order valence-corrected chi connectivity index (χ2v) is 8.35. The van der Waals surface area contributed by atoms with Gasteiger partial charge in [0.25, 0.3) is 0 Å². The summed E-state index contributed by atoms with van der Waals surface area (Å²) < 4.78 is 33.5. The number of methoxy groups -OCH3 is 1. The summed E-state index contributed by atoms with van der Waals surface area (Å²) in [4.78, 5) is 14.2. The van der Waals surface area contributed by atoms with Crippen LogP contribution in [0, 0.1) is 5.41 Å². The fourth-order valence-corrected chi connectivity index (χ4v) is 4.46. The quantitative estimate of drug-likeness (QED) is 0.676. The summed E-state index contributed by atoms with van der Waals surface area (Å²) in [5.74, 6) is 0. The minimum absolute atomic E-state index is 0. The summed E-state index contributed by atoms with van der Waals surface area (Å²) in [6.45, 7) is 2.58. The molecule has 3 N–H and O–H groups in total. The Morgan fingerprint density at radius 2 is 1.92 bits per heavy atom. The normalized spacial score (nSPS) is 17.0. The molecule has 3 rings (SSSR count). The molecule has 2 aromatic rings. The number of benzene rings is 1. The SMILES string of the molecule is COCC1(CNS(=O)(=O)c2ccc3[nH]c(=O)ccc3c2)CCNCC1.Cl. The third-order valence-corrected chi connectivity index (χ3v) is 6.16. The van der Waals surface area contributed by atoms with E-state index in [1.807, 2.05) is 0 Å². The standard InChI is InChI=1S/C17H23N3O4S.ClH/c1-24-12-17(6-8-18-9-7-17)11-19-25(22,23)14-3-4-15-13(10-14)2-5-16(21)20-15;/h2-5,10,18-19H,6-9,11-12H2,1H3,(H,20,21);1H. The smallest absolute Gasteiger partial charge is 0.248 e. The first-order chi connectivity index (χ1) is 11.9. The van der Waals surface area contributed by atoms with Crippen LogP contribution in [-0.4, -0.2) is 46.8 Å². The zero-order valence-electron chi connectivity index (χ0n) is 14.6. The van der Waals surface area contributed by atoms with Gasteiger partial charge in [0.15, 0.2) is 0 Å². The predicted molar refractivity (Wildman–Crippen MR) is 103 cm³/mol. The number of aromatic amines is 1. The Labute approximate surface area is 159 Å². The van der Waals surface area contributed by atoms with Crippen molar-refractivity contribution in [1.82, 2.24) is 15.0 Å². The summed E-state index contributed by atoms with van der Waals surface area (Å²) in [6, 6.07) is 7.69. The van der Waals surface area contributed by atoms with Gasteiger partial charge in [-0.25, -0.2) is 13.1 Å². The number of fused-ring (bicyclic) bond motifs is 1. The molecule has 1 aliphatic heterocycles. The van der Waals surface area contributed by atoms with E-state index >= 15 is 0 Å². The van der Waals surface area contributed by atoms with Gasteiger partial charge >= 0.3 is 0 Å². The van der Waals surface area contributed by atoms with Gasteiger partial charge in [0.2, 0.25) is 15.6 Å². The molecule has 1 aromatic carbocycles. The van der Waals surface area contributed by atoms with Crippen LogP contribution in [0.3, 0.4) is 0 Å². The topological polar surface area (TPSA) is 100 Å². The van der Waals surface area contributed by atoms with E-state index in [0.717, 1.165) is 25.9 Å². The molecule has 0 bridgehead atoms. The van der Waals surface area contributed by atoms with Gasteiger partial charge in [-0.15, -0.1) is 12.4 Å². The van der Waals surface area contributed by atoms with Crippen LogP contribution in [0.1, 0.15) is 12.8 Å². The molecule has 26 heavy (non-hydrogen) atoms. The zero-order chi connectivity index (χ0) is 17.9. The van der Waals surface area contributed by atoms with Crippen molar-refractivity contribution in [2.45, 2.75) is 17.7 Å². The van der Waals surface area contributed by atoms with Gasteiger partial charge < -0.3 is 15.0 Å². The number of ether oxygens (including phenoxy) is 1. The highest BCUT2D eigenvalue weighted by Crippen LogP contribution is 2.29. The first-order valence-corrected chi connectivity index (χ1v) is 9.75. The molecule has 1 fully saturated rings. The van der Waals surface area contributed by atoms with Crippen LogP contribution >= 0.6 is 12.4 Å². The van der Waals surface area contributed by atoms with E-state index in [9.17, 15) is 13.2 Å². The minimum atomic E-state index is -3.64. The van der Waals surface area contributed by atoms with E-state index in [1.54, 1.807) is 25.3 Å². The number of nitrogens with one attached hydrogen (secondary N) is 3. The Kier molecular flexibility index (Phi) is 6.81. The van der Waals surface area contributed by atoms with Crippen molar-refractivity contribution in [1.29, 1.82) is 0 Å². The number of hydrogen-bond donors (Lipinski definition) is 3. The molecule has 0 atom stereocenters. The second kappa shape index (κ2) is 8.49. The Morgan fingerprint density at radius 1 is 1.19 bits per heavy atom. The molecule has 1 saturated heterocycles. The lowest BCUT2D eigenvalue weighted by Gasteiger charge is -2.37. The number of piperidine rings is 1. The third-order valence-electron chi connectivity index (χ3n) is 4.76. The summed E-state index contributed by atoms with van der Waals surface area (Å²) in [5.41, 5.74) is 0.212. The van der Waals surface area contributed by atoms with Gasteiger partial charge in [0.05, 0.1) is 11.5 Å². The number of H-pyrrole nitrogens is 1. The van der Waals surface area contributed by atoms with E-state index in [-0.39, 0.29) is 28.3 Å². The van der Waals surface area contributed by atoms with E-state index in [1.165, 1.54) is 12.1 Å². The van der Waals surface area contributed by atoms with E-state index in [2.05, 4.69) is 15.0 Å². The molecular formula is C17H24ClN3O4S. The molecule has 0 aliphatic carbocycles. The van der Waals surface area contributed by atoms with Crippen molar-refractivity contribution in [3.05, 3.63) is 40.7 Å². The van der Waals surface area contributed by atoms with Crippen LogP contribution in [0.15, 0.2) is 40.0 Å². The van der Waals surface area contributed by atoms with E-state index < -0.39 is 10.0 Å². The fraction of sp³-hybridized carbons (Fsp3) is 0.471. The van der Waals surface area contributed by atoms with Crippen molar-refractivity contribution in [3.8, 4) is 0 Å². The van der Waals surface area contributed by atoms with Gasteiger partial charge in [-0.1, -0.05) is 0 Å². The molecule has 0 radical (unpaired) electrons. The number of sulfonamides is 1. The predicted octanol–water partition coefficient (Wildman–Crippen LogP) is 1.24. The Bertz CT molecular complexity index is 902. The first kappa shape index (κ1) is 20.9. The monoisotopic (exact) mass is 401 g/mol. The average molecular weight is 402 g/mol. The lowest BCUT2D eigenvalue weighted by molar-refractivity contribution is 0.0577. The minimum Gasteiger partial charge on any atom is -0.384 e. The first-order valence-electron chi connectivity index (χ1n) is 8.27. The number of aromatic nitrogens is 1. The Morgan fingerprint density at radius 3 is 2.62 bits per heavy atom. The highest BCUT2D eigenvalue weighted by molar-refractivity contribution is 7.89. The molecule has 0 amide bonds. The van der Waals surface area contributed by atoms with Crippen molar-refractivity contribution < 1.29 is 13.2 Å². The van der Waals surface area contributed by atoms with Crippen molar-refractivity contribution in [2.75, 3.05) is 33.4 Å². The molecule has 144 valence electrons. The van der Waals surface area contributed by atoms with Crippen molar-refractivity contribution in [3.63, 3.8) is 0 Å². The third kappa shape index (κ3) is 4.63. The molecule has 9 heteroatoms. The molecule has 0 spiro atoms. The second-order valence-electron chi connectivity index (χ2n) is 6.58. The zero-order valence-corrected chi connectivity index (χ0v) is 16.2. The van der Waals surface area contributed by atoms with Crippen LogP contribution in [-0.2, 0) is 14.8 Å². The Balaban J connectivity index is 0.00000243. The van der Waals surface area contributed by atoms with E-state index in [0.29, 0.717) is 24.1 Å². The van der Waals surface area contributed by atoms with Crippen LogP contribution in [0.2, 0.25) is 0 Å². The van der Waals surface area contributed by atoms with Crippen LogP contribution in [0.25, 0.3) is 10.9 Å². The molecule has 0 unspecified atom stereocenters. The average Bonchev–Trinajstić information content (AvgIpc) is 2.61. The number of hydrogen-bond acceptors (Lipinski definition) is 5. The number of pyridine rings is 1. The van der Waals surface area contributed by atoms with E-state index in [4.69, 9.17) is 4.74 Å². The summed E-state index contributed by atoms with van der Waals surface area (Å²) >= 11 is 0. The Hall–Kier alpha value is -1.45. The number of halogens is 1. The highest BCUT2D eigenvalue weighted by atomic mass is 35.5. The lowest BCUT2D eigenvalue weighted by Crippen LogP contribution is -2.47. The van der Waals surface area contributed by atoms with Gasteiger partial charge in [-0.3, -0.25) is 4.79 Å². The molecule has 1 aliphatic rings. The summed E-state index contributed by atoms with van der Waals surface area (Å²) in [7, 11) is -1.99. The van der Waals surface area contributed by atoms with Gasteiger partial charge in [0, 0.05) is 30.7 Å². The van der Waals surface area contributed by atoms with Crippen LogP contribution in [0.4, 0.5) is 0 Å². The van der Waals surface area contributed by atoms with Crippen LogP contribution < -0.4 is 15.6 Å². The largest absolute Gasteiger partial charge is 0.384 e. The number of rotatable bonds is 6. The van der Waals surface area contributed by atoms with Crippen LogP contribution in [0.5, 0.6) is 0 Å². The van der Waals surface area contributed by atoms with Gasteiger partial charge in [-0.05, 0) is 55.6 Å². The van der Waals surface area contributed by atoms with Gasteiger partial charge in [-0.2, -0.15) is 0 Å². The maximum Gasteiger partial charge on any atom is 0.248 e. The molecule has 0 saturated carbocycles. The van der Waals surface area contributed by atoms with Crippen molar-refractivity contribution in [2.24, 2.45) is 5.41 Å². The highest BCUT2D eigenvalue weighted by Gasteiger charge is 2.33. The maximum atomic E-state index is 12.7. The maximum absolute atomic E-state index is 12.7. The molecule has 2 heterocycles. The van der Waals surface area contributed by atoms with Crippen molar-refractivity contribution >= 4 is 33.3 Å². The molecular weight excluding hydrogens is 378 g/mol. The molecule has 1 aromatic heterocycles. The summed E-state index contributed by atoms with van der Waals surface area (Å²) in [5, 5.41) is 3.97. The summed E-state index contributed by atoms with van der Waals surface area (Å²) in [6.07, 6.45) is 1.73. The fourth-order valence-electron chi connectivity index (χ4n) is 3.27. The molecule has 7 nitrogen and oxygen atoms in total. The van der Waals surface area contributed by atoms with Gasteiger partial charge in [0.1, 0.15) is 0 Å².